The summed E-state index contributed by atoms with van der Waals surface area (Å²) in [5.74, 6) is 0.845. The van der Waals surface area contributed by atoms with E-state index in [9.17, 15) is 9.18 Å². The molecule has 29 heavy (non-hydrogen) atoms. The Morgan fingerprint density at radius 3 is 2.34 bits per heavy atom. The van der Waals surface area contributed by atoms with Crippen molar-refractivity contribution in [3.63, 3.8) is 0 Å². The highest BCUT2D eigenvalue weighted by atomic mass is 19.1. The molecular weight excluding hydrogens is 369 g/mol. The van der Waals surface area contributed by atoms with E-state index >= 15 is 0 Å². The van der Waals surface area contributed by atoms with Crippen LogP contribution in [0.15, 0.2) is 54.6 Å². The van der Waals surface area contributed by atoms with Crippen LogP contribution < -0.4 is 4.74 Å². The second-order valence-corrected chi connectivity index (χ2v) is 6.74. The maximum absolute atomic E-state index is 13.3. The van der Waals surface area contributed by atoms with Gasteiger partial charge in [0.05, 0.1) is 11.4 Å². The molecule has 0 bridgehead atoms. The van der Waals surface area contributed by atoms with Crippen molar-refractivity contribution in [2.75, 3.05) is 13.1 Å². The quantitative estimate of drug-likeness (QED) is 0.544. The number of aryl methyl sites for hydroxylation is 1. The summed E-state index contributed by atoms with van der Waals surface area (Å²) in [4.78, 5) is 14.3. The first-order valence-electron chi connectivity index (χ1n) is 9.88. The monoisotopic (exact) mass is 395 g/mol. The fourth-order valence-electron chi connectivity index (χ4n) is 3.26. The van der Waals surface area contributed by atoms with E-state index in [-0.39, 0.29) is 11.7 Å². The van der Waals surface area contributed by atoms with Gasteiger partial charge in [0.15, 0.2) is 0 Å². The van der Waals surface area contributed by atoms with Crippen molar-refractivity contribution in [2.45, 2.75) is 33.6 Å². The molecule has 0 spiro atoms. The number of carbonyl (C=O) groups is 1. The molecule has 0 saturated carbocycles. The molecule has 0 fully saturated rings. The summed E-state index contributed by atoms with van der Waals surface area (Å²) in [7, 11) is 0. The van der Waals surface area contributed by atoms with Crippen LogP contribution in [0.25, 0.3) is 5.69 Å². The smallest absolute Gasteiger partial charge is 0.226 e. The third-order valence-corrected chi connectivity index (χ3v) is 4.87. The van der Waals surface area contributed by atoms with Gasteiger partial charge in [-0.15, -0.1) is 0 Å². The van der Waals surface area contributed by atoms with Crippen LogP contribution in [0.5, 0.6) is 11.6 Å². The highest BCUT2D eigenvalue weighted by Crippen LogP contribution is 2.31. The number of para-hydroxylation sites is 1. The minimum atomic E-state index is -0.324. The maximum atomic E-state index is 13.3. The van der Waals surface area contributed by atoms with E-state index in [1.165, 1.54) is 12.1 Å². The minimum absolute atomic E-state index is 0.106. The lowest BCUT2D eigenvalue weighted by Gasteiger charge is -2.18. The summed E-state index contributed by atoms with van der Waals surface area (Å²) in [6.07, 6.45) is 0.896. The Balaban J connectivity index is 1.95. The van der Waals surface area contributed by atoms with E-state index in [1.807, 2.05) is 56.0 Å². The Bertz CT molecular complexity index is 948. The van der Waals surface area contributed by atoms with Gasteiger partial charge in [-0.1, -0.05) is 18.2 Å². The molecule has 3 aromatic rings. The van der Waals surface area contributed by atoms with Crippen molar-refractivity contribution in [2.24, 2.45) is 0 Å². The zero-order valence-electron chi connectivity index (χ0n) is 17.1. The SMILES string of the molecule is CCN(CC)C(=O)CCc1c(C)nn(-c2ccccc2)c1Oc1ccc(F)cc1. The molecule has 152 valence electrons. The molecule has 0 aliphatic rings. The average molecular weight is 395 g/mol. The van der Waals surface area contributed by atoms with Gasteiger partial charge >= 0.3 is 0 Å². The predicted molar refractivity (Wildman–Crippen MR) is 111 cm³/mol. The molecule has 0 aliphatic carbocycles. The first-order valence-corrected chi connectivity index (χ1v) is 9.88. The largest absolute Gasteiger partial charge is 0.439 e. The number of nitrogens with zero attached hydrogens (tertiary/aromatic N) is 3. The molecule has 5 nitrogen and oxygen atoms in total. The van der Waals surface area contributed by atoms with E-state index < -0.39 is 0 Å². The number of benzene rings is 2. The molecule has 1 amide bonds. The first kappa shape index (κ1) is 20.6. The van der Waals surface area contributed by atoms with Crippen molar-refractivity contribution in [1.29, 1.82) is 0 Å². The number of hydrogen-bond donors (Lipinski definition) is 0. The topological polar surface area (TPSA) is 47.4 Å². The van der Waals surface area contributed by atoms with Gasteiger partial charge in [0.1, 0.15) is 11.6 Å². The molecule has 1 aromatic heterocycles. The highest BCUT2D eigenvalue weighted by molar-refractivity contribution is 5.76. The summed E-state index contributed by atoms with van der Waals surface area (Å²) in [5.41, 5.74) is 2.53. The molecule has 2 aromatic carbocycles. The molecule has 6 heteroatoms. The van der Waals surface area contributed by atoms with E-state index in [1.54, 1.807) is 16.8 Å². The van der Waals surface area contributed by atoms with Crippen LogP contribution in [-0.4, -0.2) is 33.7 Å². The summed E-state index contributed by atoms with van der Waals surface area (Å²) in [6, 6.07) is 15.5. The van der Waals surface area contributed by atoms with Crippen molar-refractivity contribution in [1.82, 2.24) is 14.7 Å². The lowest BCUT2D eigenvalue weighted by Crippen LogP contribution is -2.30. The van der Waals surface area contributed by atoms with E-state index in [0.717, 1.165) is 16.9 Å². The van der Waals surface area contributed by atoms with Crippen LogP contribution in [0.1, 0.15) is 31.5 Å². The van der Waals surface area contributed by atoms with Gasteiger partial charge in [0.2, 0.25) is 11.8 Å². The third-order valence-electron chi connectivity index (χ3n) is 4.87. The Labute approximate surface area is 170 Å². The van der Waals surface area contributed by atoms with E-state index in [2.05, 4.69) is 5.10 Å². The van der Waals surface area contributed by atoms with Crippen LogP contribution in [0, 0.1) is 12.7 Å². The molecule has 1 heterocycles. The molecule has 3 rings (SSSR count). The minimum Gasteiger partial charge on any atom is -0.439 e. The zero-order chi connectivity index (χ0) is 20.8. The average Bonchev–Trinajstić information content (AvgIpc) is 3.05. The lowest BCUT2D eigenvalue weighted by atomic mass is 10.1. The molecular formula is C23H26FN3O2. The predicted octanol–water partition coefficient (Wildman–Crippen LogP) is 4.91. The Morgan fingerprint density at radius 2 is 1.72 bits per heavy atom. The molecule has 0 aliphatic heterocycles. The van der Waals surface area contributed by atoms with Crippen LogP contribution in [-0.2, 0) is 11.2 Å². The summed E-state index contributed by atoms with van der Waals surface area (Å²) in [6.45, 7) is 7.24. The molecule has 0 N–H and O–H groups in total. The number of halogens is 1. The van der Waals surface area contributed by atoms with Gasteiger partial charge in [-0.2, -0.15) is 5.10 Å². The van der Waals surface area contributed by atoms with Gasteiger partial charge in [-0.05, 0) is 63.6 Å². The number of rotatable bonds is 8. The zero-order valence-corrected chi connectivity index (χ0v) is 17.1. The van der Waals surface area contributed by atoms with Crippen LogP contribution >= 0.6 is 0 Å². The standard InChI is InChI=1S/C23H26FN3O2/c1-4-26(5-2)22(28)16-15-21-17(3)25-27(19-9-7-6-8-10-19)23(21)29-20-13-11-18(24)12-14-20/h6-14H,4-5,15-16H2,1-3H3. The fraction of sp³-hybridized carbons (Fsp3) is 0.304. The number of ether oxygens (including phenoxy) is 1. The second-order valence-electron chi connectivity index (χ2n) is 6.74. The van der Waals surface area contributed by atoms with Gasteiger partial charge < -0.3 is 9.64 Å². The van der Waals surface area contributed by atoms with Gasteiger partial charge in [0, 0.05) is 25.1 Å². The van der Waals surface area contributed by atoms with Crippen molar-refractivity contribution in [3.05, 3.63) is 71.7 Å². The molecule has 0 unspecified atom stereocenters. The molecule has 0 atom stereocenters. The number of aromatic nitrogens is 2. The summed E-state index contributed by atoms with van der Waals surface area (Å²) >= 11 is 0. The summed E-state index contributed by atoms with van der Waals surface area (Å²) in [5, 5.41) is 4.65. The lowest BCUT2D eigenvalue weighted by molar-refractivity contribution is -0.130. The molecule has 0 radical (unpaired) electrons. The van der Waals surface area contributed by atoms with Gasteiger partial charge in [-0.25, -0.2) is 9.07 Å². The highest BCUT2D eigenvalue weighted by Gasteiger charge is 2.20. The molecule has 0 saturated heterocycles. The fourth-order valence-corrected chi connectivity index (χ4v) is 3.26. The maximum Gasteiger partial charge on any atom is 0.226 e. The normalized spacial score (nSPS) is 10.8. The van der Waals surface area contributed by atoms with E-state index in [0.29, 0.717) is 37.6 Å². The van der Waals surface area contributed by atoms with E-state index in [4.69, 9.17) is 4.74 Å². The second kappa shape index (κ2) is 9.37. The summed E-state index contributed by atoms with van der Waals surface area (Å²) < 4.78 is 21.1. The van der Waals surface area contributed by atoms with Gasteiger partial charge in [0.25, 0.3) is 0 Å². The number of hydrogen-bond acceptors (Lipinski definition) is 3. The van der Waals surface area contributed by atoms with Crippen LogP contribution in [0.4, 0.5) is 4.39 Å². The first-order chi connectivity index (χ1) is 14.0. The Hall–Kier alpha value is -3.15. The number of carbonyl (C=O) groups excluding carboxylic acids is 1. The van der Waals surface area contributed by atoms with Crippen molar-refractivity contribution in [3.8, 4) is 17.3 Å². The van der Waals surface area contributed by atoms with Crippen LogP contribution in [0.2, 0.25) is 0 Å². The van der Waals surface area contributed by atoms with Crippen molar-refractivity contribution < 1.29 is 13.9 Å². The van der Waals surface area contributed by atoms with Crippen molar-refractivity contribution >= 4 is 5.91 Å². The third kappa shape index (κ3) is 4.83. The Kier molecular flexibility index (Phi) is 6.65. The Morgan fingerprint density at radius 1 is 1.07 bits per heavy atom. The van der Waals surface area contributed by atoms with Crippen LogP contribution in [0.3, 0.4) is 0 Å². The number of amides is 1. The van der Waals surface area contributed by atoms with Gasteiger partial charge in [-0.3, -0.25) is 4.79 Å².